The normalized spacial score (nSPS) is 15.3. The van der Waals surface area contributed by atoms with Crippen LogP contribution in [-0.2, 0) is 0 Å². The number of amides is 1. The number of hydrogen-bond acceptors (Lipinski definition) is 5. The second-order valence-corrected chi connectivity index (χ2v) is 7.07. The minimum Gasteiger partial charge on any atom is -0.493 e. The smallest absolute Gasteiger partial charge is 0.262 e. The van der Waals surface area contributed by atoms with Gasteiger partial charge in [0.2, 0.25) is 5.75 Å². The number of rotatable bonds is 5. The van der Waals surface area contributed by atoms with Gasteiger partial charge in [-0.3, -0.25) is 9.69 Å². The molecule has 30 heavy (non-hydrogen) atoms. The summed E-state index contributed by atoms with van der Waals surface area (Å²) in [5, 5.41) is 3.50. The van der Waals surface area contributed by atoms with E-state index in [2.05, 4.69) is 5.32 Å². The van der Waals surface area contributed by atoms with E-state index in [4.69, 9.17) is 14.2 Å². The molecule has 1 aliphatic rings. The SMILES string of the molecule is COc1cc([C@@H]2Nc3ccccc3C(=O)N2c2cccc(C)c2)cc(OC)c1OC. The van der Waals surface area contributed by atoms with E-state index in [9.17, 15) is 4.79 Å². The van der Waals surface area contributed by atoms with Crippen molar-refractivity contribution in [2.75, 3.05) is 31.5 Å². The van der Waals surface area contributed by atoms with Crippen molar-refractivity contribution in [3.8, 4) is 17.2 Å². The topological polar surface area (TPSA) is 60.0 Å². The van der Waals surface area contributed by atoms with Crippen molar-refractivity contribution in [2.24, 2.45) is 0 Å². The molecular weight excluding hydrogens is 380 g/mol. The lowest BCUT2D eigenvalue weighted by molar-refractivity contribution is 0.0975. The Morgan fingerprint density at radius 2 is 1.57 bits per heavy atom. The fraction of sp³-hybridized carbons (Fsp3) is 0.208. The number of benzene rings is 3. The van der Waals surface area contributed by atoms with Gasteiger partial charge < -0.3 is 19.5 Å². The van der Waals surface area contributed by atoms with E-state index >= 15 is 0 Å². The van der Waals surface area contributed by atoms with E-state index in [0.29, 0.717) is 22.8 Å². The minimum absolute atomic E-state index is 0.0753. The van der Waals surface area contributed by atoms with Crippen LogP contribution < -0.4 is 24.4 Å². The van der Waals surface area contributed by atoms with Crippen LogP contribution in [0, 0.1) is 6.92 Å². The molecule has 154 valence electrons. The summed E-state index contributed by atoms with van der Waals surface area (Å²) in [6.07, 6.45) is -0.456. The highest BCUT2D eigenvalue weighted by Gasteiger charge is 2.35. The second-order valence-electron chi connectivity index (χ2n) is 7.07. The average Bonchev–Trinajstić information content (AvgIpc) is 2.77. The molecule has 3 aromatic rings. The zero-order valence-corrected chi connectivity index (χ0v) is 17.4. The lowest BCUT2D eigenvalue weighted by Gasteiger charge is -2.38. The van der Waals surface area contributed by atoms with Crippen molar-refractivity contribution >= 4 is 17.3 Å². The Hall–Kier alpha value is -3.67. The van der Waals surface area contributed by atoms with Crippen LogP contribution >= 0.6 is 0 Å². The average molecular weight is 404 g/mol. The third-order valence-electron chi connectivity index (χ3n) is 5.21. The van der Waals surface area contributed by atoms with Crippen molar-refractivity contribution in [1.82, 2.24) is 0 Å². The first-order chi connectivity index (χ1) is 14.6. The molecule has 0 unspecified atom stereocenters. The van der Waals surface area contributed by atoms with E-state index in [1.54, 1.807) is 26.2 Å². The minimum atomic E-state index is -0.456. The lowest BCUT2D eigenvalue weighted by atomic mass is 10.0. The summed E-state index contributed by atoms with van der Waals surface area (Å²) in [6.45, 7) is 2.01. The summed E-state index contributed by atoms with van der Waals surface area (Å²) in [5.74, 6) is 1.50. The molecule has 3 aromatic carbocycles. The molecule has 4 rings (SSSR count). The molecule has 1 atom stereocenters. The first-order valence-corrected chi connectivity index (χ1v) is 9.63. The molecule has 6 heteroatoms. The van der Waals surface area contributed by atoms with Crippen molar-refractivity contribution in [3.63, 3.8) is 0 Å². The van der Waals surface area contributed by atoms with Crippen molar-refractivity contribution in [1.29, 1.82) is 0 Å². The van der Waals surface area contributed by atoms with E-state index in [-0.39, 0.29) is 5.91 Å². The van der Waals surface area contributed by atoms with Crippen LogP contribution in [0.1, 0.15) is 27.7 Å². The second kappa shape index (κ2) is 7.99. The van der Waals surface area contributed by atoms with E-state index < -0.39 is 6.17 Å². The molecule has 1 aliphatic heterocycles. The summed E-state index contributed by atoms with van der Waals surface area (Å²) < 4.78 is 16.5. The molecule has 1 heterocycles. The van der Waals surface area contributed by atoms with Crippen LogP contribution in [0.4, 0.5) is 11.4 Å². The number of methoxy groups -OCH3 is 3. The molecule has 0 aromatic heterocycles. The Kier molecular flexibility index (Phi) is 5.23. The standard InChI is InChI=1S/C24H24N2O4/c1-15-8-7-9-17(12-15)26-23(25-19-11-6-5-10-18(19)24(26)27)16-13-20(28-2)22(30-4)21(14-16)29-3/h5-14,23,25H,1-4H3/t23-/m1/s1. The summed E-state index contributed by atoms with van der Waals surface area (Å²) in [6, 6.07) is 19.1. The van der Waals surface area contributed by atoms with Crippen LogP contribution in [0.25, 0.3) is 0 Å². The quantitative estimate of drug-likeness (QED) is 0.662. The highest BCUT2D eigenvalue weighted by Crippen LogP contribution is 2.43. The van der Waals surface area contributed by atoms with Gasteiger partial charge >= 0.3 is 0 Å². The van der Waals surface area contributed by atoms with Gasteiger partial charge in [-0.2, -0.15) is 0 Å². The Balaban J connectivity index is 1.91. The highest BCUT2D eigenvalue weighted by molar-refractivity contribution is 6.12. The maximum Gasteiger partial charge on any atom is 0.262 e. The van der Waals surface area contributed by atoms with Gasteiger partial charge in [0.15, 0.2) is 11.5 Å². The number of ether oxygens (including phenoxy) is 3. The van der Waals surface area contributed by atoms with Crippen molar-refractivity contribution in [3.05, 3.63) is 77.4 Å². The fourth-order valence-corrected chi connectivity index (χ4v) is 3.79. The molecule has 0 saturated carbocycles. The van der Waals surface area contributed by atoms with Crippen LogP contribution in [-0.4, -0.2) is 27.2 Å². The predicted molar refractivity (Wildman–Crippen MR) is 117 cm³/mol. The first kappa shape index (κ1) is 19.6. The Bertz CT molecular complexity index is 1070. The third-order valence-corrected chi connectivity index (χ3v) is 5.21. The van der Waals surface area contributed by atoms with Crippen molar-refractivity contribution < 1.29 is 19.0 Å². The summed E-state index contributed by atoms with van der Waals surface area (Å²) in [5.41, 5.74) is 4.10. The van der Waals surface area contributed by atoms with Crippen LogP contribution in [0.5, 0.6) is 17.2 Å². The Morgan fingerprint density at radius 3 is 2.20 bits per heavy atom. The first-order valence-electron chi connectivity index (χ1n) is 9.63. The van der Waals surface area contributed by atoms with Crippen LogP contribution in [0.2, 0.25) is 0 Å². The number of fused-ring (bicyclic) bond motifs is 1. The molecule has 0 bridgehead atoms. The lowest BCUT2D eigenvalue weighted by Crippen LogP contribution is -2.43. The van der Waals surface area contributed by atoms with Gasteiger partial charge in [0.1, 0.15) is 6.17 Å². The predicted octanol–water partition coefficient (Wildman–Crippen LogP) is 4.79. The monoisotopic (exact) mass is 404 g/mol. The van der Waals surface area contributed by atoms with Gasteiger partial charge in [0.25, 0.3) is 5.91 Å². The molecule has 0 aliphatic carbocycles. The zero-order valence-electron chi connectivity index (χ0n) is 17.4. The molecule has 0 saturated heterocycles. The number of hydrogen-bond donors (Lipinski definition) is 1. The number of carbonyl (C=O) groups is 1. The molecule has 0 fully saturated rings. The van der Waals surface area contributed by atoms with Gasteiger partial charge in [-0.1, -0.05) is 24.3 Å². The third kappa shape index (κ3) is 3.30. The summed E-state index contributed by atoms with van der Waals surface area (Å²) in [7, 11) is 4.72. The molecule has 6 nitrogen and oxygen atoms in total. The molecular formula is C24H24N2O4. The number of carbonyl (C=O) groups excluding carboxylic acids is 1. The molecule has 0 radical (unpaired) electrons. The molecule has 1 amide bonds. The molecule has 0 spiro atoms. The number of para-hydroxylation sites is 1. The van der Waals surface area contributed by atoms with E-state index in [1.165, 1.54) is 0 Å². The number of nitrogens with one attached hydrogen (secondary N) is 1. The fourth-order valence-electron chi connectivity index (χ4n) is 3.79. The Labute approximate surface area is 176 Å². The van der Waals surface area contributed by atoms with Crippen molar-refractivity contribution in [2.45, 2.75) is 13.1 Å². The number of nitrogens with zero attached hydrogens (tertiary/aromatic N) is 1. The van der Waals surface area contributed by atoms with Gasteiger partial charge in [0.05, 0.1) is 26.9 Å². The van der Waals surface area contributed by atoms with Crippen LogP contribution in [0.3, 0.4) is 0 Å². The zero-order chi connectivity index (χ0) is 21.3. The largest absolute Gasteiger partial charge is 0.493 e. The maximum absolute atomic E-state index is 13.5. The Morgan fingerprint density at radius 1 is 0.867 bits per heavy atom. The maximum atomic E-state index is 13.5. The van der Waals surface area contributed by atoms with Gasteiger partial charge in [-0.05, 0) is 48.9 Å². The van der Waals surface area contributed by atoms with Crippen LogP contribution in [0.15, 0.2) is 60.7 Å². The molecule has 1 N–H and O–H groups in total. The highest BCUT2D eigenvalue weighted by atomic mass is 16.5. The van der Waals surface area contributed by atoms with Gasteiger partial charge in [-0.15, -0.1) is 0 Å². The van der Waals surface area contributed by atoms with Gasteiger partial charge in [-0.25, -0.2) is 0 Å². The van der Waals surface area contributed by atoms with Gasteiger partial charge in [0, 0.05) is 16.9 Å². The summed E-state index contributed by atoms with van der Waals surface area (Å²) >= 11 is 0. The van der Waals surface area contributed by atoms with E-state index in [0.717, 1.165) is 22.5 Å². The van der Waals surface area contributed by atoms with E-state index in [1.807, 2.05) is 67.6 Å². The number of anilines is 2. The summed E-state index contributed by atoms with van der Waals surface area (Å²) in [4.78, 5) is 15.3. The number of aryl methyl sites for hydroxylation is 1.